The molecule has 0 aliphatic heterocycles. The molecule has 0 radical (unpaired) electrons. The molecule has 7 heteroatoms. The van der Waals surface area contributed by atoms with Gasteiger partial charge in [0.1, 0.15) is 5.71 Å². The van der Waals surface area contributed by atoms with Gasteiger partial charge in [0.15, 0.2) is 0 Å². The van der Waals surface area contributed by atoms with Gasteiger partial charge in [0.2, 0.25) is 0 Å². The Hall–Kier alpha value is -0.970. The molecular formula is C10H9Cl3N2O2. The highest BCUT2D eigenvalue weighted by Gasteiger charge is 2.09. The number of hydrazone groups is 1. The van der Waals surface area contributed by atoms with Crippen LogP contribution >= 0.6 is 34.8 Å². The van der Waals surface area contributed by atoms with Crippen LogP contribution in [-0.2, 0) is 9.53 Å². The zero-order valence-corrected chi connectivity index (χ0v) is 11.3. The van der Waals surface area contributed by atoms with Gasteiger partial charge in [0.25, 0.3) is 0 Å². The minimum atomic E-state index is -0.543. The van der Waals surface area contributed by atoms with E-state index in [0.717, 1.165) is 0 Å². The van der Waals surface area contributed by atoms with E-state index < -0.39 is 5.97 Å². The predicted octanol–water partition coefficient (Wildman–Crippen LogP) is 3.61. The molecule has 4 nitrogen and oxygen atoms in total. The second-order valence-corrected chi connectivity index (χ2v) is 4.30. The van der Waals surface area contributed by atoms with Crippen LogP contribution in [0, 0.1) is 0 Å². The van der Waals surface area contributed by atoms with E-state index in [4.69, 9.17) is 34.8 Å². The molecule has 0 aromatic heterocycles. The zero-order chi connectivity index (χ0) is 13.0. The number of anilines is 1. The first-order chi connectivity index (χ1) is 7.95. The van der Waals surface area contributed by atoms with E-state index in [2.05, 4.69) is 15.3 Å². The molecule has 1 N–H and O–H groups in total. The van der Waals surface area contributed by atoms with Gasteiger partial charge in [-0.25, -0.2) is 4.79 Å². The topological polar surface area (TPSA) is 50.7 Å². The smallest absolute Gasteiger partial charge is 0.353 e. The molecule has 0 amide bonds. The summed E-state index contributed by atoms with van der Waals surface area (Å²) in [6.45, 7) is 1.50. The molecule has 0 spiro atoms. The van der Waals surface area contributed by atoms with Gasteiger partial charge in [0, 0.05) is 5.02 Å². The van der Waals surface area contributed by atoms with Gasteiger partial charge in [0.05, 0.1) is 22.8 Å². The van der Waals surface area contributed by atoms with Gasteiger partial charge in [-0.15, -0.1) is 0 Å². The van der Waals surface area contributed by atoms with Gasteiger partial charge in [-0.1, -0.05) is 34.8 Å². The van der Waals surface area contributed by atoms with Gasteiger partial charge in [-0.05, 0) is 19.1 Å². The van der Waals surface area contributed by atoms with Crippen LogP contribution in [0.5, 0.6) is 0 Å². The van der Waals surface area contributed by atoms with Crippen molar-refractivity contribution in [1.82, 2.24) is 0 Å². The second-order valence-electron chi connectivity index (χ2n) is 3.05. The standard InChI is InChI=1S/C10H9Cl3N2O2/c1-5(10(16)17-2)14-15-9-7(12)3-6(11)4-8(9)13/h3-4,15H,1-2H3. The van der Waals surface area contributed by atoms with E-state index in [9.17, 15) is 4.79 Å². The van der Waals surface area contributed by atoms with E-state index in [1.807, 2.05) is 0 Å². The van der Waals surface area contributed by atoms with E-state index in [0.29, 0.717) is 20.8 Å². The van der Waals surface area contributed by atoms with E-state index >= 15 is 0 Å². The quantitative estimate of drug-likeness (QED) is 0.526. The Balaban J connectivity index is 2.93. The van der Waals surface area contributed by atoms with Gasteiger partial charge in [-0.2, -0.15) is 5.10 Å². The normalized spacial score (nSPS) is 11.2. The van der Waals surface area contributed by atoms with Crippen LogP contribution in [-0.4, -0.2) is 18.8 Å². The average Bonchev–Trinajstić information content (AvgIpc) is 2.26. The van der Waals surface area contributed by atoms with Crippen LogP contribution in [0.3, 0.4) is 0 Å². The van der Waals surface area contributed by atoms with E-state index in [1.165, 1.54) is 26.2 Å². The number of carbonyl (C=O) groups is 1. The SMILES string of the molecule is COC(=O)C(C)=NNc1c(Cl)cc(Cl)cc1Cl. The predicted molar refractivity (Wildman–Crippen MR) is 70.2 cm³/mol. The third-order valence-electron chi connectivity index (χ3n) is 1.82. The van der Waals surface area contributed by atoms with Crippen molar-refractivity contribution in [3.63, 3.8) is 0 Å². The molecule has 0 atom stereocenters. The Kier molecular flexibility index (Phi) is 5.05. The van der Waals surface area contributed by atoms with Gasteiger partial charge < -0.3 is 4.74 Å². The number of rotatable bonds is 3. The van der Waals surface area contributed by atoms with Gasteiger partial charge >= 0.3 is 5.97 Å². The van der Waals surface area contributed by atoms with Crippen molar-refractivity contribution in [2.75, 3.05) is 12.5 Å². The Morgan fingerprint density at radius 2 is 1.82 bits per heavy atom. The second kappa shape index (κ2) is 6.10. The van der Waals surface area contributed by atoms with Crippen LogP contribution in [0.4, 0.5) is 5.69 Å². The Morgan fingerprint density at radius 1 is 1.29 bits per heavy atom. The zero-order valence-electron chi connectivity index (χ0n) is 9.05. The molecule has 1 aromatic rings. The number of nitrogens with one attached hydrogen (secondary N) is 1. The Bertz CT molecular complexity index is 452. The minimum absolute atomic E-state index is 0.148. The number of benzene rings is 1. The summed E-state index contributed by atoms with van der Waals surface area (Å²) in [5, 5.41) is 4.83. The van der Waals surface area contributed by atoms with Gasteiger partial charge in [-0.3, -0.25) is 5.43 Å². The van der Waals surface area contributed by atoms with E-state index in [-0.39, 0.29) is 5.71 Å². The maximum Gasteiger partial charge on any atom is 0.353 e. The first kappa shape index (κ1) is 14.1. The highest BCUT2D eigenvalue weighted by atomic mass is 35.5. The molecule has 0 aliphatic rings. The lowest BCUT2D eigenvalue weighted by atomic mass is 10.3. The van der Waals surface area contributed by atoms with E-state index in [1.54, 1.807) is 0 Å². The summed E-state index contributed by atoms with van der Waals surface area (Å²) in [6, 6.07) is 3.03. The fraction of sp³-hybridized carbons (Fsp3) is 0.200. The van der Waals surface area contributed by atoms with Crippen molar-refractivity contribution in [1.29, 1.82) is 0 Å². The molecule has 0 aliphatic carbocycles. The molecule has 92 valence electrons. The number of ether oxygens (including phenoxy) is 1. The third kappa shape index (κ3) is 3.77. The van der Waals surface area contributed by atoms with Crippen molar-refractivity contribution in [3.05, 3.63) is 27.2 Å². The van der Waals surface area contributed by atoms with Crippen LogP contribution in [0.15, 0.2) is 17.2 Å². The minimum Gasteiger partial charge on any atom is -0.464 e. The summed E-state index contributed by atoms with van der Waals surface area (Å²) in [6.07, 6.45) is 0. The molecule has 0 fully saturated rings. The van der Waals surface area contributed by atoms with Crippen molar-refractivity contribution < 1.29 is 9.53 Å². The fourth-order valence-corrected chi connectivity index (χ4v) is 1.88. The lowest BCUT2D eigenvalue weighted by molar-refractivity contribution is -0.132. The van der Waals surface area contributed by atoms with Crippen LogP contribution in [0.1, 0.15) is 6.92 Å². The highest BCUT2D eigenvalue weighted by Crippen LogP contribution is 2.33. The Labute approximate surface area is 113 Å². The number of methoxy groups -OCH3 is 1. The molecule has 1 rings (SSSR count). The highest BCUT2D eigenvalue weighted by molar-refractivity contribution is 6.42. The molecule has 1 aromatic carbocycles. The monoisotopic (exact) mass is 294 g/mol. The van der Waals surface area contributed by atoms with Crippen molar-refractivity contribution >= 4 is 52.2 Å². The van der Waals surface area contributed by atoms with Crippen molar-refractivity contribution in [3.8, 4) is 0 Å². The first-order valence-electron chi connectivity index (χ1n) is 4.49. The number of carbonyl (C=O) groups excluding carboxylic acids is 1. The molecule has 0 unspecified atom stereocenters. The summed E-state index contributed by atoms with van der Waals surface area (Å²) < 4.78 is 4.48. The summed E-state index contributed by atoms with van der Waals surface area (Å²) in [5.74, 6) is -0.543. The molecule has 17 heavy (non-hydrogen) atoms. The fourth-order valence-electron chi connectivity index (χ4n) is 0.982. The maximum absolute atomic E-state index is 11.1. The molecule has 0 heterocycles. The molecule has 0 saturated carbocycles. The van der Waals surface area contributed by atoms with Crippen molar-refractivity contribution in [2.45, 2.75) is 6.92 Å². The summed E-state index contributed by atoms with van der Waals surface area (Å²) in [4.78, 5) is 11.1. The summed E-state index contributed by atoms with van der Waals surface area (Å²) >= 11 is 17.6. The first-order valence-corrected chi connectivity index (χ1v) is 5.62. The lowest BCUT2D eigenvalue weighted by Gasteiger charge is -2.07. The number of hydrogen-bond acceptors (Lipinski definition) is 4. The Morgan fingerprint density at radius 3 is 2.29 bits per heavy atom. The lowest BCUT2D eigenvalue weighted by Crippen LogP contribution is -2.13. The number of halogens is 3. The number of hydrogen-bond donors (Lipinski definition) is 1. The van der Waals surface area contributed by atoms with Crippen LogP contribution < -0.4 is 5.43 Å². The van der Waals surface area contributed by atoms with Crippen molar-refractivity contribution in [2.24, 2.45) is 5.10 Å². The summed E-state index contributed by atoms with van der Waals surface area (Å²) in [7, 11) is 1.27. The third-order valence-corrected chi connectivity index (χ3v) is 2.64. The van der Waals surface area contributed by atoms with Crippen LogP contribution in [0.25, 0.3) is 0 Å². The molecular weight excluding hydrogens is 286 g/mol. The largest absolute Gasteiger partial charge is 0.464 e. The number of nitrogens with zero attached hydrogens (tertiary/aromatic N) is 1. The molecule has 0 bridgehead atoms. The van der Waals surface area contributed by atoms with Crippen LogP contribution in [0.2, 0.25) is 15.1 Å². The maximum atomic E-state index is 11.1. The number of esters is 1. The molecule has 0 saturated heterocycles. The summed E-state index contributed by atoms with van der Waals surface area (Å²) in [5.41, 5.74) is 3.11. The average molecular weight is 296 g/mol.